The third kappa shape index (κ3) is 2.52. The summed E-state index contributed by atoms with van der Waals surface area (Å²) in [7, 11) is 0. The van der Waals surface area contributed by atoms with Crippen LogP contribution in [0.5, 0.6) is 0 Å². The molecule has 0 aromatic carbocycles. The van der Waals surface area contributed by atoms with Crippen LogP contribution in [-0.4, -0.2) is 27.0 Å². The van der Waals surface area contributed by atoms with Crippen molar-refractivity contribution in [1.29, 1.82) is 0 Å². The third-order valence-corrected chi connectivity index (χ3v) is 3.01. The molecule has 3 N–H and O–H groups in total. The number of nitrogens with zero attached hydrogens (tertiary/aromatic N) is 3. The lowest BCUT2D eigenvalue weighted by atomic mass is 10.3. The van der Waals surface area contributed by atoms with Gasteiger partial charge in [0.25, 0.3) is 0 Å². The first-order chi connectivity index (χ1) is 9.04. The number of fused-ring (bicyclic) bond motifs is 1. The summed E-state index contributed by atoms with van der Waals surface area (Å²) >= 11 is 0. The number of nitrogens with two attached hydrogens (primary N) is 1. The normalized spacial score (nSPS) is 12.6. The number of rotatable bonds is 4. The van der Waals surface area contributed by atoms with Gasteiger partial charge < -0.3 is 11.1 Å². The minimum Gasteiger partial charge on any atom is -0.369 e. The van der Waals surface area contributed by atoms with Crippen molar-refractivity contribution in [3.8, 4) is 0 Å². The molecule has 0 aliphatic carbocycles. The summed E-state index contributed by atoms with van der Waals surface area (Å²) in [5.74, 6) is 0.238. The highest BCUT2D eigenvalue weighted by Crippen LogP contribution is 2.21. The Morgan fingerprint density at radius 2 is 2.32 bits per heavy atom. The van der Waals surface area contributed by atoms with Gasteiger partial charge in [0.05, 0.1) is 0 Å². The highest BCUT2D eigenvalue weighted by molar-refractivity contribution is 5.84. The number of carbonyl (C=O) groups excluding carboxylic acids is 1. The van der Waals surface area contributed by atoms with Gasteiger partial charge in [-0.15, -0.1) is 0 Å². The summed E-state index contributed by atoms with van der Waals surface area (Å²) in [6.07, 6.45) is 2.65. The van der Waals surface area contributed by atoms with Crippen LogP contribution in [0.2, 0.25) is 0 Å². The fraction of sp³-hybridized carbons (Fsp3) is 0.462. The molecular formula is C13H19N5O. The molecule has 0 bridgehead atoms. The van der Waals surface area contributed by atoms with E-state index in [1.807, 2.05) is 19.9 Å². The van der Waals surface area contributed by atoms with Gasteiger partial charge in [-0.2, -0.15) is 0 Å². The Hall–Kier alpha value is -2.11. The standard InChI is InChI=1S/C13H19N5O/c1-4-5-15-12(19)9(3)18-11-10(17-13(18)14)6-8(2)7-16-11/h6-7,9H,4-5H2,1-3H3,(H2,14,17)(H,15,19). The lowest BCUT2D eigenvalue weighted by molar-refractivity contribution is -0.123. The van der Waals surface area contributed by atoms with Gasteiger partial charge in [0, 0.05) is 12.7 Å². The molecule has 6 heteroatoms. The van der Waals surface area contributed by atoms with Crippen molar-refractivity contribution in [2.24, 2.45) is 0 Å². The molecule has 0 spiro atoms. The van der Waals surface area contributed by atoms with Crippen molar-refractivity contribution in [2.75, 3.05) is 12.3 Å². The molecule has 0 aliphatic rings. The Morgan fingerprint density at radius 1 is 1.58 bits per heavy atom. The van der Waals surface area contributed by atoms with E-state index in [4.69, 9.17) is 5.73 Å². The highest BCUT2D eigenvalue weighted by Gasteiger charge is 2.20. The zero-order valence-electron chi connectivity index (χ0n) is 11.5. The second kappa shape index (κ2) is 5.26. The van der Waals surface area contributed by atoms with E-state index in [9.17, 15) is 4.79 Å². The molecule has 2 rings (SSSR count). The van der Waals surface area contributed by atoms with Crippen LogP contribution in [0.4, 0.5) is 5.95 Å². The maximum Gasteiger partial charge on any atom is 0.242 e. The monoisotopic (exact) mass is 261 g/mol. The minimum absolute atomic E-state index is 0.0739. The van der Waals surface area contributed by atoms with Gasteiger partial charge in [0.2, 0.25) is 11.9 Å². The maximum absolute atomic E-state index is 12.0. The number of nitrogen functional groups attached to an aromatic ring is 1. The summed E-state index contributed by atoms with van der Waals surface area (Å²) in [5.41, 5.74) is 8.27. The Kier molecular flexibility index (Phi) is 3.69. The summed E-state index contributed by atoms with van der Waals surface area (Å²) in [6.45, 7) is 6.40. The molecule has 102 valence electrons. The number of pyridine rings is 1. The van der Waals surface area contributed by atoms with Gasteiger partial charge in [-0.25, -0.2) is 9.97 Å². The lowest BCUT2D eigenvalue weighted by Gasteiger charge is -2.15. The van der Waals surface area contributed by atoms with Crippen LogP contribution in [0.15, 0.2) is 12.3 Å². The zero-order chi connectivity index (χ0) is 14.0. The van der Waals surface area contributed by atoms with Crippen molar-refractivity contribution >= 4 is 23.0 Å². The third-order valence-electron chi connectivity index (χ3n) is 3.01. The molecule has 2 aromatic rings. The van der Waals surface area contributed by atoms with Crippen LogP contribution >= 0.6 is 0 Å². The highest BCUT2D eigenvalue weighted by atomic mass is 16.2. The quantitative estimate of drug-likeness (QED) is 0.871. The van der Waals surface area contributed by atoms with Crippen LogP contribution in [0.3, 0.4) is 0 Å². The van der Waals surface area contributed by atoms with Crippen LogP contribution in [0.1, 0.15) is 31.9 Å². The predicted octanol–water partition coefficient (Wildman–Crippen LogP) is 1.41. The molecular weight excluding hydrogens is 242 g/mol. The molecule has 2 aromatic heterocycles. The number of anilines is 1. The number of nitrogens with one attached hydrogen (secondary N) is 1. The first-order valence-corrected chi connectivity index (χ1v) is 6.42. The number of aryl methyl sites for hydroxylation is 1. The maximum atomic E-state index is 12.0. The predicted molar refractivity (Wildman–Crippen MR) is 74.7 cm³/mol. The SMILES string of the molecule is CCCNC(=O)C(C)n1c(N)nc2cc(C)cnc21. The van der Waals surface area contributed by atoms with E-state index in [2.05, 4.69) is 15.3 Å². The Morgan fingerprint density at radius 3 is 3.00 bits per heavy atom. The fourth-order valence-corrected chi connectivity index (χ4v) is 2.00. The lowest BCUT2D eigenvalue weighted by Crippen LogP contribution is -2.32. The van der Waals surface area contributed by atoms with E-state index in [1.165, 1.54) is 0 Å². The first-order valence-electron chi connectivity index (χ1n) is 6.42. The van der Waals surface area contributed by atoms with Gasteiger partial charge in [-0.05, 0) is 31.9 Å². The molecule has 2 heterocycles. The van der Waals surface area contributed by atoms with Crippen molar-refractivity contribution in [1.82, 2.24) is 19.9 Å². The molecule has 0 fully saturated rings. The molecule has 1 amide bonds. The van der Waals surface area contributed by atoms with E-state index in [1.54, 1.807) is 17.7 Å². The number of aromatic nitrogens is 3. The largest absolute Gasteiger partial charge is 0.369 e. The number of hydrogen-bond donors (Lipinski definition) is 2. The molecule has 1 unspecified atom stereocenters. The number of carbonyl (C=O) groups is 1. The molecule has 0 aliphatic heterocycles. The van der Waals surface area contributed by atoms with E-state index in [0.717, 1.165) is 12.0 Å². The van der Waals surface area contributed by atoms with Crippen LogP contribution in [-0.2, 0) is 4.79 Å². The van der Waals surface area contributed by atoms with Crippen molar-refractivity contribution in [2.45, 2.75) is 33.2 Å². The van der Waals surface area contributed by atoms with E-state index < -0.39 is 6.04 Å². The first kappa shape index (κ1) is 13.3. The van der Waals surface area contributed by atoms with Crippen LogP contribution in [0, 0.1) is 6.92 Å². The van der Waals surface area contributed by atoms with Gasteiger partial charge in [0.15, 0.2) is 5.65 Å². The topological polar surface area (TPSA) is 85.8 Å². The minimum atomic E-state index is -0.424. The molecule has 1 atom stereocenters. The smallest absolute Gasteiger partial charge is 0.242 e. The molecule has 0 radical (unpaired) electrons. The van der Waals surface area contributed by atoms with Crippen molar-refractivity contribution in [3.63, 3.8) is 0 Å². The van der Waals surface area contributed by atoms with Crippen molar-refractivity contribution in [3.05, 3.63) is 17.8 Å². The van der Waals surface area contributed by atoms with E-state index >= 15 is 0 Å². The zero-order valence-corrected chi connectivity index (χ0v) is 11.5. The summed E-state index contributed by atoms with van der Waals surface area (Å²) in [4.78, 5) is 20.6. The summed E-state index contributed by atoms with van der Waals surface area (Å²) in [5, 5.41) is 2.85. The van der Waals surface area contributed by atoms with E-state index in [0.29, 0.717) is 23.7 Å². The fourth-order valence-electron chi connectivity index (χ4n) is 2.00. The number of amides is 1. The Balaban J connectivity index is 2.38. The average Bonchev–Trinajstić information content (AvgIpc) is 2.70. The second-order valence-corrected chi connectivity index (χ2v) is 4.66. The van der Waals surface area contributed by atoms with Gasteiger partial charge in [-0.1, -0.05) is 6.92 Å². The van der Waals surface area contributed by atoms with Crippen LogP contribution in [0.25, 0.3) is 11.2 Å². The summed E-state index contributed by atoms with van der Waals surface area (Å²) in [6, 6.07) is 1.48. The van der Waals surface area contributed by atoms with Gasteiger partial charge in [-0.3, -0.25) is 9.36 Å². The number of hydrogen-bond acceptors (Lipinski definition) is 4. The number of imidazole rings is 1. The molecule has 6 nitrogen and oxygen atoms in total. The van der Waals surface area contributed by atoms with Gasteiger partial charge >= 0.3 is 0 Å². The molecule has 19 heavy (non-hydrogen) atoms. The van der Waals surface area contributed by atoms with E-state index in [-0.39, 0.29) is 5.91 Å². The molecule has 0 saturated heterocycles. The average molecular weight is 261 g/mol. The summed E-state index contributed by atoms with van der Waals surface area (Å²) < 4.78 is 1.67. The van der Waals surface area contributed by atoms with Crippen LogP contribution < -0.4 is 11.1 Å². The Bertz CT molecular complexity index is 604. The van der Waals surface area contributed by atoms with Gasteiger partial charge in [0.1, 0.15) is 11.6 Å². The Labute approximate surface area is 112 Å². The van der Waals surface area contributed by atoms with Crippen molar-refractivity contribution < 1.29 is 4.79 Å². The molecule has 0 saturated carbocycles. The second-order valence-electron chi connectivity index (χ2n) is 4.66.